The maximum absolute atomic E-state index is 12.5. The van der Waals surface area contributed by atoms with Crippen LogP contribution in [0.15, 0.2) is 43.0 Å². The highest BCUT2D eigenvalue weighted by atomic mass is 16.2. The average molecular weight is 355 g/mol. The van der Waals surface area contributed by atoms with Crippen LogP contribution in [0.4, 0.5) is 5.69 Å². The van der Waals surface area contributed by atoms with Gasteiger partial charge in [-0.1, -0.05) is 18.2 Å². The molecule has 26 heavy (non-hydrogen) atoms. The number of imidazole rings is 1. The Morgan fingerprint density at radius 3 is 2.77 bits per heavy atom. The van der Waals surface area contributed by atoms with E-state index in [2.05, 4.69) is 15.6 Å². The molecule has 0 radical (unpaired) electrons. The molecule has 1 unspecified atom stereocenters. The van der Waals surface area contributed by atoms with Gasteiger partial charge in [0, 0.05) is 43.3 Å². The second kappa shape index (κ2) is 7.81. The predicted molar refractivity (Wildman–Crippen MR) is 95.2 cm³/mol. The fourth-order valence-electron chi connectivity index (χ4n) is 3.01. The maximum Gasteiger partial charge on any atom is 0.310 e. The van der Waals surface area contributed by atoms with E-state index >= 15 is 0 Å². The summed E-state index contributed by atoms with van der Waals surface area (Å²) in [4.78, 5) is 42.2. The number of hydrogen-bond acceptors (Lipinski definition) is 4. The summed E-state index contributed by atoms with van der Waals surface area (Å²) in [7, 11) is 0. The number of hydrogen-bond donors (Lipinski definition) is 2. The topological polar surface area (TPSA) is 96.3 Å². The Kier molecular flexibility index (Phi) is 5.31. The molecule has 3 amide bonds. The molecule has 136 valence electrons. The summed E-state index contributed by atoms with van der Waals surface area (Å²) in [5, 5.41) is 5.12. The van der Waals surface area contributed by atoms with Gasteiger partial charge < -0.3 is 20.1 Å². The molecule has 2 N–H and O–H groups in total. The molecule has 2 aromatic rings. The summed E-state index contributed by atoms with van der Waals surface area (Å²) < 4.78 is 1.89. The van der Waals surface area contributed by atoms with Crippen molar-refractivity contribution in [2.45, 2.75) is 25.9 Å². The van der Waals surface area contributed by atoms with Crippen molar-refractivity contribution in [3.05, 3.63) is 48.5 Å². The van der Waals surface area contributed by atoms with Crippen molar-refractivity contribution in [2.24, 2.45) is 0 Å². The Morgan fingerprint density at radius 2 is 2.04 bits per heavy atom. The van der Waals surface area contributed by atoms with E-state index in [4.69, 9.17) is 0 Å². The maximum atomic E-state index is 12.5. The van der Waals surface area contributed by atoms with Crippen LogP contribution >= 0.6 is 0 Å². The van der Waals surface area contributed by atoms with E-state index in [1.807, 2.05) is 29.8 Å². The molecular weight excluding hydrogens is 334 g/mol. The third-order valence-corrected chi connectivity index (χ3v) is 4.29. The summed E-state index contributed by atoms with van der Waals surface area (Å²) in [5.74, 6) is -1.77. The lowest BCUT2D eigenvalue weighted by atomic mass is 10.1. The molecule has 3 rings (SSSR count). The van der Waals surface area contributed by atoms with E-state index in [1.54, 1.807) is 29.6 Å². The minimum Gasteiger partial charge on any atom is -0.348 e. The van der Waals surface area contributed by atoms with Crippen LogP contribution in [0.3, 0.4) is 0 Å². The lowest BCUT2D eigenvalue weighted by Crippen LogP contribution is -2.44. The zero-order valence-corrected chi connectivity index (χ0v) is 14.5. The number of carbonyl (C=O) groups is 3. The van der Waals surface area contributed by atoms with Gasteiger partial charge in [0.1, 0.15) is 6.04 Å². The van der Waals surface area contributed by atoms with Gasteiger partial charge in [0.25, 0.3) is 5.91 Å². The Hall–Kier alpha value is -3.16. The number of nitrogens with one attached hydrogen (secondary N) is 2. The molecule has 0 aliphatic carbocycles. The molecule has 0 saturated heterocycles. The highest BCUT2D eigenvalue weighted by Crippen LogP contribution is 2.35. The van der Waals surface area contributed by atoms with Gasteiger partial charge in [0.2, 0.25) is 0 Å². The van der Waals surface area contributed by atoms with Gasteiger partial charge in [-0.2, -0.15) is 0 Å². The van der Waals surface area contributed by atoms with Crippen LogP contribution in [0.2, 0.25) is 0 Å². The van der Waals surface area contributed by atoms with E-state index in [1.165, 1.54) is 0 Å². The molecule has 2 heterocycles. The number of carbonyl (C=O) groups excluding carboxylic acids is 3. The first-order chi connectivity index (χ1) is 12.6. The second-order valence-electron chi connectivity index (χ2n) is 5.96. The third-order valence-electron chi connectivity index (χ3n) is 4.29. The van der Waals surface area contributed by atoms with E-state index < -0.39 is 17.9 Å². The number of nitrogens with zero attached hydrogens (tertiary/aromatic N) is 3. The molecule has 8 nitrogen and oxygen atoms in total. The molecule has 1 aromatic carbocycles. The average Bonchev–Trinajstić information content (AvgIpc) is 3.25. The van der Waals surface area contributed by atoms with Crippen LogP contribution in [-0.4, -0.2) is 40.4 Å². The Morgan fingerprint density at radius 1 is 1.23 bits per heavy atom. The molecule has 1 atom stereocenters. The molecule has 1 aliphatic heterocycles. The SMILES string of the molecule is CCN1C(=O)C(NC(=O)C(=O)NCCCn2ccnc2)c2ccccc21. The second-order valence-corrected chi connectivity index (χ2v) is 5.96. The first-order valence-electron chi connectivity index (χ1n) is 8.56. The van der Waals surface area contributed by atoms with Gasteiger partial charge in [-0.3, -0.25) is 14.4 Å². The third kappa shape index (κ3) is 3.58. The first-order valence-corrected chi connectivity index (χ1v) is 8.56. The summed E-state index contributed by atoms with van der Waals surface area (Å²) in [6.07, 6.45) is 5.88. The monoisotopic (exact) mass is 355 g/mol. The number of benzene rings is 1. The first kappa shape index (κ1) is 17.7. The number of anilines is 1. The summed E-state index contributed by atoms with van der Waals surface area (Å²) in [6, 6.07) is 6.44. The van der Waals surface area contributed by atoms with E-state index in [9.17, 15) is 14.4 Å². The van der Waals surface area contributed by atoms with Crippen LogP contribution in [0.1, 0.15) is 24.9 Å². The molecule has 1 aliphatic rings. The normalized spacial score (nSPS) is 15.7. The van der Waals surface area contributed by atoms with Gasteiger partial charge >= 0.3 is 11.8 Å². The summed E-state index contributed by atoms with van der Waals surface area (Å²) in [5.41, 5.74) is 1.48. The largest absolute Gasteiger partial charge is 0.348 e. The van der Waals surface area contributed by atoms with Gasteiger partial charge in [-0.15, -0.1) is 0 Å². The van der Waals surface area contributed by atoms with Gasteiger partial charge in [-0.05, 0) is 19.4 Å². The number of rotatable bonds is 6. The van der Waals surface area contributed by atoms with Crippen molar-refractivity contribution in [1.82, 2.24) is 20.2 Å². The number of amides is 3. The van der Waals surface area contributed by atoms with Crippen LogP contribution in [0.5, 0.6) is 0 Å². The van der Waals surface area contributed by atoms with E-state index in [0.29, 0.717) is 31.6 Å². The number of aromatic nitrogens is 2. The standard InChI is InChI=1S/C18H21N5O3/c1-2-23-14-7-4-3-6-13(14)15(18(23)26)21-17(25)16(24)20-8-5-10-22-11-9-19-12-22/h3-4,6-7,9,11-12,15H,2,5,8,10H2,1H3,(H,20,24)(H,21,25). The number of likely N-dealkylation sites (N-methyl/N-ethyl adjacent to an activating group) is 1. The lowest BCUT2D eigenvalue weighted by molar-refractivity contribution is -0.140. The number of fused-ring (bicyclic) bond motifs is 1. The minimum absolute atomic E-state index is 0.227. The van der Waals surface area contributed by atoms with Crippen molar-refractivity contribution < 1.29 is 14.4 Å². The predicted octanol–water partition coefficient (Wildman–Crippen LogP) is 0.613. The zero-order chi connectivity index (χ0) is 18.5. The Bertz CT molecular complexity index is 803. The summed E-state index contributed by atoms with van der Waals surface area (Å²) >= 11 is 0. The zero-order valence-electron chi connectivity index (χ0n) is 14.5. The van der Waals surface area contributed by atoms with Crippen LogP contribution in [-0.2, 0) is 20.9 Å². The highest BCUT2D eigenvalue weighted by Gasteiger charge is 2.37. The van der Waals surface area contributed by atoms with Crippen molar-refractivity contribution >= 4 is 23.4 Å². The molecule has 8 heteroatoms. The lowest BCUT2D eigenvalue weighted by Gasteiger charge is -2.15. The summed E-state index contributed by atoms with van der Waals surface area (Å²) in [6.45, 7) is 3.43. The van der Waals surface area contributed by atoms with E-state index in [-0.39, 0.29) is 5.91 Å². The number of aryl methyl sites for hydroxylation is 1. The van der Waals surface area contributed by atoms with Gasteiger partial charge in [0.05, 0.1) is 6.33 Å². The molecule has 0 spiro atoms. The van der Waals surface area contributed by atoms with Crippen LogP contribution in [0, 0.1) is 0 Å². The van der Waals surface area contributed by atoms with Crippen molar-refractivity contribution in [1.29, 1.82) is 0 Å². The highest BCUT2D eigenvalue weighted by molar-refractivity contribution is 6.35. The van der Waals surface area contributed by atoms with E-state index in [0.717, 1.165) is 5.69 Å². The van der Waals surface area contributed by atoms with Crippen LogP contribution < -0.4 is 15.5 Å². The van der Waals surface area contributed by atoms with Gasteiger partial charge in [0.15, 0.2) is 0 Å². The Balaban J connectivity index is 1.54. The van der Waals surface area contributed by atoms with Gasteiger partial charge in [-0.25, -0.2) is 4.98 Å². The molecular formula is C18H21N5O3. The molecule has 1 aromatic heterocycles. The molecule has 0 saturated carbocycles. The van der Waals surface area contributed by atoms with Crippen molar-refractivity contribution in [3.63, 3.8) is 0 Å². The Labute approximate surface area is 151 Å². The fraction of sp³-hybridized carbons (Fsp3) is 0.333. The molecule has 0 fully saturated rings. The fourth-order valence-corrected chi connectivity index (χ4v) is 3.01. The number of para-hydroxylation sites is 1. The minimum atomic E-state index is -0.824. The van der Waals surface area contributed by atoms with Crippen molar-refractivity contribution in [2.75, 3.05) is 18.0 Å². The van der Waals surface area contributed by atoms with Crippen molar-refractivity contribution in [3.8, 4) is 0 Å². The quantitative estimate of drug-likeness (QED) is 0.586. The van der Waals surface area contributed by atoms with Crippen LogP contribution in [0.25, 0.3) is 0 Å². The molecule has 0 bridgehead atoms. The smallest absolute Gasteiger partial charge is 0.310 e.